The van der Waals surface area contributed by atoms with Crippen molar-refractivity contribution in [3.8, 4) is 0 Å². The van der Waals surface area contributed by atoms with Crippen LogP contribution in [0.5, 0.6) is 0 Å². The van der Waals surface area contributed by atoms with Gasteiger partial charge < -0.3 is 10.6 Å². The van der Waals surface area contributed by atoms with E-state index in [1.165, 1.54) is 0 Å². The molecule has 2 aromatic rings. The summed E-state index contributed by atoms with van der Waals surface area (Å²) in [6, 6.07) is 7.72. The number of pyridine rings is 1. The number of nitrogens with two attached hydrogens (primary N) is 1. The van der Waals surface area contributed by atoms with E-state index in [0.717, 1.165) is 54.4 Å². The molecular weight excluding hydrogens is 334 g/mol. The molecule has 1 saturated carbocycles. The number of benzene rings is 1. The van der Waals surface area contributed by atoms with E-state index in [0.29, 0.717) is 23.4 Å². The topological polar surface area (TPSA) is 59.2 Å². The smallest absolute Gasteiger partial charge is 0.254 e. The summed E-state index contributed by atoms with van der Waals surface area (Å²) in [6.07, 6.45) is 4.32. The number of amides is 1. The van der Waals surface area contributed by atoms with Gasteiger partial charge in [-0.15, -0.1) is 0 Å². The van der Waals surface area contributed by atoms with Gasteiger partial charge in [0.15, 0.2) is 0 Å². The lowest BCUT2D eigenvalue weighted by Gasteiger charge is -2.38. The SMILES string of the molecule is CC1CCN(C(=O)c2cc(C3CC3)nc3ccc(Cl)cc23)C(CN)C1. The highest BCUT2D eigenvalue weighted by Crippen LogP contribution is 2.40. The first-order valence-electron chi connectivity index (χ1n) is 9.18. The minimum atomic E-state index is 0.0684. The predicted molar refractivity (Wildman–Crippen MR) is 101 cm³/mol. The van der Waals surface area contributed by atoms with Crippen LogP contribution in [0.2, 0.25) is 5.02 Å². The zero-order valence-corrected chi connectivity index (χ0v) is 15.3. The Hall–Kier alpha value is -1.65. The van der Waals surface area contributed by atoms with Gasteiger partial charge in [-0.25, -0.2) is 0 Å². The molecular formula is C20H24ClN3O. The van der Waals surface area contributed by atoms with Crippen molar-refractivity contribution in [3.05, 3.63) is 40.5 Å². The van der Waals surface area contributed by atoms with Crippen LogP contribution in [0.4, 0.5) is 0 Å². The molecule has 2 fully saturated rings. The maximum absolute atomic E-state index is 13.4. The normalized spacial score (nSPS) is 23.9. The summed E-state index contributed by atoms with van der Waals surface area (Å²) in [7, 11) is 0. The van der Waals surface area contributed by atoms with Gasteiger partial charge in [-0.3, -0.25) is 9.78 Å². The van der Waals surface area contributed by atoms with Crippen molar-refractivity contribution in [2.24, 2.45) is 11.7 Å². The van der Waals surface area contributed by atoms with Crippen LogP contribution in [0.15, 0.2) is 24.3 Å². The number of rotatable bonds is 3. The molecule has 2 N–H and O–H groups in total. The van der Waals surface area contributed by atoms with Crippen molar-refractivity contribution in [3.63, 3.8) is 0 Å². The van der Waals surface area contributed by atoms with Crippen LogP contribution < -0.4 is 5.73 Å². The van der Waals surface area contributed by atoms with Gasteiger partial charge in [-0.1, -0.05) is 18.5 Å². The number of nitrogens with zero attached hydrogens (tertiary/aromatic N) is 2. The molecule has 2 atom stereocenters. The van der Waals surface area contributed by atoms with Gasteiger partial charge in [0, 0.05) is 41.2 Å². The highest BCUT2D eigenvalue weighted by molar-refractivity contribution is 6.31. The zero-order chi connectivity index (χ0) is 17.6. The maximum Gasteiger partial charge on any atom is 0.254 e. The molecule has 2 unspecified atom stereocenters. The molecule has 1 aliphatic carbocycles. The van der Waals surface area contributed by atoms with Crippen molar-refractivity contribution in [1.82, 2.24) is 9.88 Å². The van der Waals surface area contributed by atoms with Gasteiger partial charge in [0.2, 0.25) is 0 Å². The monoisotopic (exact) mass is 357 g/mol. The van der Waals surface area contributed by atoms with E-state index in [1.807, 2.05) is 29.2 Å². The van der Waals surface area contributed by atoms with Gasteiger partial charge in [-0.2, -0.15) is 0 Å². The number of likely N-dealkylation sites (tertiary alicyclic amines) is 1. The summed E-state index contributed by atoms with van der Waals surface area (Å²) < 4.78 is 0. The van der Waals surface area contributed by atoms with Gasteiger partial charge in [0.25, 0.3) is 5.91 Å². The molecule has 2 aliphatic rings. The fourth-order valence-corrected chi connectivity index (χ4v) is 4.05. The predicted octanol–water partition coefficient (Wildman–Crippen LogP) is 3.97. The van der Waals surface area contributed by atoms with Gasteiger partial charge in [-0.05, 0) is 55.9 Å². The standard InChI is InChI=1S/C20H24ClN3O/c1-12-6-7-24(15(8-12)11-22)20(25)17-10-19(13-2-3-13)23-18-5-4-14(21)9-16(17)18/h4-5,9-10,12-13,15H,2-3,6-8,11,22H2,1H3. The first-order chi connectivity index (χ1) is 12.1. The number of piperidine rings is 1. The third kappa shape index (κ3) is 3.25. The summed E-state index contributed by atoms with van der Waals surface area (Å²) in [6.45, 7) is 3.51. The lowest BCUT2D eigenvalue weighted by Crippen LogP contribution is -2.49. The minimum absolute atomic E-state index is 0.0684. The Morgan fingerprint density at radius 1 is 1.32 bits per heavy atom. The van der Waals surface area contributed by atoms with Gasteiger partial charge >= 0.3 is 0 Å². The molecule has 5 heteroatoms. The van der Waals surface area contributed by atoms with E-state index >= 15 is 0 Å². The van der Waals surface area contributed by atoms with E-state index in [2.05, 4.69) is 6.92 Å². The Bertz CT molecular complexity index is 818. The molecule has 0 bridgehead atoms. The first-order valence-corrected chi connectivity index (χ1v) is 9.56. The van der Waals surface area contributed by atoms with Crippen LogP contribution in [0.1, 0.15) is 54.6 Å². The Kier molecular flexibility index (Phi) is 4.42. The number of carbonyl (C=O) groups excluding carboxylic acids is 1. The summed E-state index contributed by atoms with van der Waals surface area (Å²) in [5.74, 6) is 1.18. The second-order valence-electron chi connectivity index (χ2n) is 7.55. The molecule has 25 heavy (non-hydrogen) atoms. The van der Waals surface area contributed by atoms with Gasteiger partial charge in [0.1, 0.15) is 0 Å². The third-order valence-corrected chi connectivity index (χ3v) is 5.76. The largest absolute Gasteiger partial charge is 0.334 e. The van der Waals surface area contributed by atoms with Crippen molar-refractivity contribution >= 4 is 28.4 Å². The highest BCUT2D eigenvalue weighted by Gasteiger charge is 2.32. The van der Waals surface area contributed by atoms with Gasteiger partial charge in [0.05, 0.1) is 11.1 Å². The van der Waals surface area contributed by atoms with E-state index < -0.39 is 0 Å². The molecule has 0 spiro atoms. The Labute approximate surface area is 153 Å². The maximum atomic E-state index is 13.4. The third-order valence-electron chi connectivity index (χ3n) is 5.53. The molecule has 1 saturated heterocycles. The van der Waals surface area contributed by atoms with Crippen LogP contribution in [0.3, 0.4) is 0 Å². The van der Waals surface area contributed by atoms with Crippen LogP contribution in [0, 0.1) is 5.92 Å². The molecule has 4 rings (SSSR count). The second kappa shape index (κ2) is 6.58. The lowest BCUT2D eigenvalue weighted by molar-refractivity contribution is 0.0575. The summed E-state index contributed by atoms with van der Waals surface area (Å²) in [5, 5.41) is 1.47. The van der Waals surface area contributed by atoms with E-state index in [9.17, 15) is 4.79 Å². The highest BCUT2D eigenvalue weighted by atomic mass is 35.5. The number of hydrogen-bond acceptors (Lipinski definition) is 3. The second-order valence-corrected chi connectivity index (χ2v) is 7.98. The van der Waals surface area contributed by atoms with Crippen LogP contribution >= 0.6 is 11.6 Å². The van der Waals surface area contributed by atoms with Crippen molar-refractivity contribution in [1.29, 1.82) is 0 Å². The first kappa shape index (κ1) is 16.8. The Balaban J connectivity index is 1.78. The fraction of sp³-hybridized carbons (Fsp3) is 0.500. The molecule has 1 amide bonds. The molecule has 1 aromatic heterocycles. The van der Waals surface area contributed by atoms with Crippen molar-refractivity contribution < 1.29 is 4.79 Å². The molecule has 1 aliphatic heterocycles. The summed E-state index contributed by atoms with van der Waals surface area (Å²) in [4.78, 5) is 20.1. The molecule has 1 aromatic carbocycles. The summed E-state index contributed by atoms with van der Waals surface area (Å²) in [5.41, 5.74) is 8.58. The van der Waals surface area contributed by atoms with Crippen LogP contribution in [0.25, 0.3) is 10.9 Å². The van der Waals surface area contributed by atoms with Crippen LogP contribution in [-0.4, -0.2) is 34.9 Å². The van der Waals surface area contributed by atoms with Crippen LogP contribution in [-0.2, 0) is 0 Å². The van der Waals surface area contributed by atoms with E-state index in [1.54, 1.807) is 0 Å². The van der Waals surface area contributed by atoms with Crippen molar-refractivity contribution in [2.75, 3.05) is 13.1 Å². The Morgan fingerprint density at radius 3 is 2.84 bits per heavy atom. The summed E-state index contributed by atoms with van der Waals surface area (Å²) >= 11 is 6.20. The Morgan fingerprint density at radius 2 is 2.12 bits per heavy atom. The fourth-order valence-electron chi connectivity index (χ4n) is 3.88. The number of carbonyl (C=O) groups is 1. The average molecular weight is 358 g/mol. The lowest BCUT2D eigenvalue weighted by atomic mass is 9.91. The number of hydrogen-bond donors (Lipinski definition) is 1. The number of fused-ring (bicyclic) bond motifs is 1. The molecule has 0 radical (unpaired) electrons. The molecule has 4 nitrogen and oxygen atoms in total. The number of aromatic nitrogens is 1. The van der Waals surface area contributed by atoms with Crippen molar-refractivity contribution in [2.45, 2.75) is 44.6 Å². The van der Waals surface area contributed by atoms with E-state index in [4.69, 9.17) is 22.3 Å². The van der Waals surface area contributed by atoms with E-state index in [-0.39, 0.29) is 11.9 Å². The zero-order valence-electron chi connectivity index (χ0n) is 14.5. The molecule has 132 valence electrons. The minimum Gasteiger partial charge on any atom is -0.334 e. The average Bonchev–Trinajstić information content (AvgIpc) is 3.45. The quantitative estimate of drug-likeness (QED) is 0.904. The molecule has 2 heterocycles. The number of halogens is 1.